The second-order valence-corrected chi connectivity index (χ2v) is 9.30. The third kappa shape index (κ3) is 5.10. The molecule has 1 heterocycles. The Bertz CT molecular complexity index is 1010. The van der Waals surface area contributed by atoms with Gasteiger partial charge in [0.05, 0.1) is 24.7 Å². The van der Waals surface area contributed by atoms with E-state index in [-0.39, 0.29) is 11.6 Å². The van der Waals surface area contributed by atoms with E-state index < -0.39 is 21.9 Å². The van der Waals surface area contributed by atoms with Crippen LogP contribution < -0.4 is 13.9 Å². The van der Waals surface area contributed by atoms with E-state index in [0.717, 1.165) is 22.0 Å². The average molecular weight is 450 g/mol. The minimum atomic E-state index is -3.75. The number of halogens is 1. The molecule has 1 atom stereocenters. The first-order chi connectivity index (χ1) is 14.8. The van der Waals surface area contributed by atoms with Crippen LogP contribution in [0.3, 0.4) is 0 Å². The van der Waals surface area contributed by atoms with E-state index in [2.05, 4.69) is 4.90 Å². The third-order valence-electron chi connectivity index (χ3n) is 5.41. The van der Waals surface area contributed by atoms with Gasteiger partial charge in [0.15, 0.2) is 0 Å². The van der Waals surface area contributed by atoms with Crippen molar-refractivity contribution < 1.29 is 22.3 Å². The number of anilines is 2. The molecule has 0 spiro atoms. The number of carbonyl (C=O) groups is 1. The van der Waals surface area contributed by atoms with E-state index in [0.29, 0.717) is 32.6 Å². The molecule has 1 fully saturated rings. The van der Waals surface area contributed by atoms with Gasteiger partial charge in [0.1, 0.15) is 17.6 Å². The molecule has 0 unspecified atom stereocenters. The number of hydrogen-bond acceptors (Lipinski definition) is 5. The van der Waals surface area contributed by atoms with Crippen LogP contribution in [0.1, 0.15) is 13.3 Å². The summed E-state index contributed by atoms with van der Waals surface area (Å²) >= 11 is 0. The van der Waals surface area contributed by atoms with Crippen molar-refractivity contribution in [1.29, 1.82) is 0 Å². The summed E-state index contributed by atoms with van der Waals surface area (Å²) in [4.78, 5) is 17.2. The summed E-state index contributed by atoms with van der Waals surface area (Å²) in [6.07, 6.45) is 1.36. The zero-order valence-electron chi connectivity index (χ0n) is 18.0. The molecule has 168 valence electrons. The van der Waals surface area contributed by atoms with Crippen molar-refractivity contribution in [1.82, 2.24) is 4.90 Å². The van der Waals surface area contributed by atoms with E-state index >= 15 is 0 Å². The molecule has 1 amide bonds. The normalized spacial score (nSPS) is 15.5. The highest BCUT2D eigenvalue weighted by molar-refractivity contribution is 7.92. The predicted molar refractivity (Wildman–Crippen MR) is 120 cm³/mol. The van der Waals surface area contributed by atoms with Gasteiger partial charge in [0.25, 0.3) is 0 Å². The van der Waals surface area contributed by atoms with E-state index in [9.17, 15) is 17.6 Å². The Hall–Kier alpha value is -2.81. The van der Waals surface area contributed by atoms with Crippen LogP contribution in [-0.4, -0.2) is 64.8 Å². The van der Waals surface area contributed by atoms with Crippen molar-refractivity contribution in [3.05, 3.63) is 54.3 Å². The number of hydrogen-bond donors (Lipinski definition) is 0. The van der Waals surface area contributed by atoms with Crippen molar-refractivity contribution in [2.75, 3.05) is 48.7 Å². The number of ether oxygens (including phenoxy) is 1. The Kier molecular flexibility index (Phi) is 7.04. The Balaban J connectivity index is 1.78. The van der Waals surface area contributed by atoms with Gasteiger partial charge in [0.2, 0.25) is 15.9 Å². The fourth-order valence-electron chi connectivity index (χ4n) is 3.90. The fourth-order valence-corrected chi connectivity index (χ4v) is 5.11. The maximum absolute atomic E-state index is 13.4. The first-order valence-corrected chi connectivity index (χ1v) is 12.0. The molecule has 3 rings (SSSR count). The zero-order valence-corrected chi connectivity index (χ0v) is 18.8. The second-order valence-electron chi connectivity index (χ2n) is 7.44. The minimum absolute atomic E-state index is 0.253. The molecule has 0 radical (unpaired) electrons. The summed E-state index contributed by atoms with van der Waals surface area (Å²) in [5, 5.41) is 0. The Morgan fingerprint density at radius 1 is 1.10 bits per heavy atom. The highest BCUT2D eigenvalue weighted by Gasteiger charge is 2.35. The quantitative estimate of drug-likeness (QED) is 0.650. The number of para-hydroxylation sites is 2. The smallest absolute Gasteiger partial charge is 0.246 e. The van der Waals surface area contributed by atoms with Gasteiger partial charge in [0, 0.05) is 26.2 Å². The number of nitrogens with zero attached hydrogens (tertiary/aromatic N) is 3. The topological polar surface area (TPSA) is 70.2 Å². The molecular formula is C22H28FN3O4S. The van der Waals surface area contributed by atoms with Gasteiger partial charge in [-0.15, -0.1) is 0 Å². The second kappa shape index (κ2) is 9.55. The van der Waals surface area contributed by atoms with Crippen molar-refractivity contribution in [3.8, 4) is 5.75 Å². The monoisotopic (exact) mass is 449 g/mol. The highest BCUT2D eigenvalue weighted by atomic mass is 32.2. The maximum Gasteiger partial charge on any atom is 0.246 e. The fraction of sp³-hybridized carbons (Fsp3) is 0.409. The molecular weight excluding hydrogens is 421 g/mol. The van der Waals surface area contributed by atoms with Crippen LogP contribution in [0.4, 0.5) is 15.8 Å². The summed E-state index contributed by atoms with van der Waals surface area (Å²) in [7, 11) is -2.13. The third-order valence-corrected chi connectivity index (χ3v) is 6.59. The Morgan fingerprint density at radius 2 is 1.71 bits per heavy atom. The van der Waals surface area contributed by atoms with Crippen LogP contribution >= 0.6 is 0 Å². The number of rotatable bonds is 7. The van der Waals surface area contributed by atoms with Crippen LogP contribution in [-0.2, 0) is 14.8 Å². The maximum atomic E-state index is 13.4. The van der Waals surface area contributed by atoms with Gasteiger partial charge in [-0.1, -0.05) is 19.1 Å². The molecule has 0 aromatic heterocycles. The summed E-state index contributed by atoms with van der Waals surface area (Å²) < 4.78 is 45.0. The lowest BCUT2D eigenvalue weighted by molar-refractivity contribution is -0.132. The Labute approximate surface area is 183 Å². The van der Waals surface area contributed by atoms with Gasteiger partial charge in [-0.2, -0.15) is 0 Å². The van der Waals surface area contributed by atoms with Crippen molar-refractivity contribution >= 4 is 27.3 Å². The van der Waals surface area contributed by atoms with Crippen LogP contribution in [0.25, 0.3) is 0 Å². The molecule has 31 heavy (non-hydrogen) atoms. The van der Waals surface area contributed by atoms with Gasteiger partial charge in [-0.3, -0.25) is 9.10 Å². The van der Waals surface area contributed by atoms with Crippen molar-refractivity contribution in [2.24, 2.45) is 0 Å². The van der Waals surface area contributed by atoms with Crippen LogP contribution in [0.15, 0.2) is 48.5 Å². The van der Waals surface area contributed by atoms with E-state index in [1.54, 1.807) is 18.9 Å². The Morgan fingerprint density at radius 3 is 2.26 bits per heavy atom. The molecule has 2 aromatic carbocycles. The molecule has 2 aromatic rings. The largest absolute Gasteiger partial charge is 0.495 e. The standard InChI is InChI=1S/C22H28FN3O4S/c1-4-19(26(31(3,28)29)18-11-9-17(23)10-12-18)22(27)25-15-13-24(14-16-25)20-7-5-6-8-21(20)30-2/h5-12,19H,4,13-16H2,1-3H3/t19-/m0/s1. The van der Waals surface area contributed by atoms with E-state index in [4.69, 9.17) is 4.74 Å². The van der Waals surface area contributed by atoms with Crippen LogP contribution in [0.2, 0.25) is 0 Å². The summed E-state index contributed by atoms with van der Waals surface area (Å²) in [5.41, 5.74) is 1.24. The molecule has 0 N–H and O–H groups in total. The van der Waals surface area contributed by atoms with E-state index in [1.165, 1.54) is 24.3 Å². The molecule has 9 heteroatoms. The summed E-state index contributed by atoms with van der Waals surface area (Å²) in [5.74, 6) is 0.0502. The zero-order chi connectivity index (χ0) is 22.6. The molecule has 0 aliphatic carbocycles. The number of sulfonamides is 1. The molecule has 0 saturated carbocycles. The molecule has 1 saturated heterocycles. The lowest BCUT2D eigenvalue weighted by atomic mass is 10.1. The lowest BCUT2D eigenvalue weighted by Gasteiger charge is -2.39. The molecule has 1 aliphatic rings. The van der Waals surface area contributed by atoms with Gasteiger partial charge in [-0.05, 0) is 42.8 Å². The average Bonchev–Trinajstić information content (AvgIpc) is 2.77. The molecule has 0 bridgehead atoms. The number of piperazine rings is 1. The van der Waals surface area contributed by atoms with Gasteiger partial charge < -0.3 is 14.5 Å². The van der Waals surface area contributed by atoms with E-state index in [1.807, 2.05) is 24.3 Å². The van der Waals surface area contributed by atoms with Crippen LogP contribution in [0, 0.1) is 5.82 Å². The van der Waals surface area contributed by atoms with Crippen molar-refractivity contribution in [2.45, 2.75) is 19.4 Å². The van der Waals surface area contributed by atoms with Gasteiger partial charge >= 0.3 is 0 Å². The SMILES string of the molecule is CC[C@@H](C(=O)N1CCN(c2ccccc2OC)CC1)N(c1ccc(F)cc1)S(C)(=O)=O. The number of methoxy groups -OCH3 is 1. The first-order valence-electron chi connectivity index (χ1n) is 10.2. The summed E-state index contributed by atoms with van der Waals surface area (Å²) in [6.45, 7) is 3.92. The highest BCUT2D eigenvalue weighted by Crippen LogP contribution is 2.29. The molecule has 1 aliphatic heterocycles. The van der Waals surface area contributed by atoms with Crippen LogP contribution in [0.5, 0.6) is 5.75 Å². The van der Waals surface area contributed by atoms with Crippen molar-refractivity contribution in [3.63, 3.8) is 0 Å². The van der Waals surface area contributed by atoms with Gasteiger partial charge in [-0.25, -0.2) is 12.8 Å². The number of carbonyl (C=O) groups excluding carboxylic acids is 1. The number of benzene rings is 2. The predicted octanol–water partition coefficient (Wildman–Crippen LogP) is 2.73. The number of amides is 1. The minimum Gasteiger partial charge on any atom is -0.495 e. The first kappa shape index (κ1) is 22.9. The summed E-state index contributed by atoms with van der Waals surface area (Å²) in [6, 6.07) is 12.0. The molecule has 7 nitrogen and oxygen atoms in total. The lowest BCUT2D eigenvalue weighted by Crippen LogP contribution is -2.56.